The lowest BCUT2D eigenvalue weighted by Gasteiger charge is -2.24. The van der Waals surface area contributed by atoms with Gasteiger partial charge in [0.05, 0.1) is 66.1 Å². The van der Waals surface area contributed by atoms with Crippen molar-refractivity contribution in [3.63, 3.8) is 0 Å². The number of allylic oxidation sites excluding steroid dienone is 4. The highest BCUT2D eigenvalue weighted by atomic mass is 19.4. The van der Waals surface area contributed by atoms with Crippen LogP contribution in [0, 0.1) is 0 Å². The van der Waals surface area contributed by atoms with Gasteiger partial charge in [0.15, 0.2) is 0 Å². The van der Waals surface area contributed by atoms with E-state index in [2.05, 4.69) is 23.7 Å². The summed E-state index contributed by atoms with van der Waals surface area (Å²) in [6.45, 7) is -6.24. The third-order valence-corrected chi connectivity index (χ3v) is 6.65. The van der Waals surface area contributed by atoms with Crippen LogP contribution in [0.3, 0.4) is 0 Å². The Hall–Kier alpha value is -2.44. The van der Waals surface area contributed by atoms with Crippen LogP contribution in [-0.2, 0) is 47.4 Å². The van der Waals surface area contributed by atoms with Crippen LogP contribution in [0.2, 0.25) is 0 Å². The lowest BCUT2D eigenvalue weighted by molar-refractivity contribution is -0.277. The number of hydrogen-bond donors (Lipinski definition) is 1. The Morgan fingerprint density at radius 3 is 0.863 bits per heavy atom. The molecule has 0 fully saturated rings. The minimum Gasteiger partial charge on any atom is -0.486 e. The van der Waals surface area contributed by atoms with Gasteiger partial charge in [0.1, 0.15) is 26.4 Å². The largest absolute Gasteiger partial charge is 0.486 e. The van der Waals surface area contributed by atoms with Crippen LogP contribution in [0.5, 0.6) is 0 Å². The van der Waals surface area contributed by atoms with E-state index in [0.717, 1.165) is 0 Å². The first-order valence-electron chi connectivity index (χ1n) is 15.1. The molecule has 51 heavy (non-hydrogen) atoms. The molecule has 0 heterocycles. The normalized spacial score (nSPS) is 21.0. The van der Waals surface area contributed by atoms with Crippen LogP contribution in [0.1, 0.15) is 6.42 Å². The highest BCUT2D eigenvalue weighted by molar-refractivity contribution is 5.35. The summed E-state index contributed by atoms with van der Waals surface area (Å²) in [5, 5.41) is 8.64. The standard InChI is InChI=1S/C28H38F12O11/c1-42-5-6-44-12-16-49-21-22(26(35,36)28(39,40)25(21,33)34)51-18-14-47-10-8-45-7-9-46-13-17-50-20-19(48-15-11-43-4-2-3-41)23(29,30)27(37,38)24(20,31)32/h41H,2-18H2,1H3. The lowest BCUT2D eigenvalue weighted by atomic mass is 10.1. The molecule has 2 rings (SSSR count). The Labute approximate surface area is 283 Å². The number of halogens is 12. The van der Waals surface area contributed by atoms with Gasteiger partial charge in [-0.1, -0.05) is 0 Å². The van der Waals surface area contributed by atoms with Gasteiger partial charge in [-0.25, -0.2) is 0 Å². The molecule has 11 nitrogen and oxygen atoms in total. The van der Waals surface area contributed by atoms with E-state index in [1.807, 2.05) is 0 Å². The summed E-state index contributed by atoms with van der Waals surface area (Å²) >= 11 is 0. The zero-order valence-electron chi connectivity index (χ0n) is 27.1. The van der Waals surface area contributed by atoms with Crippen molar-refractivity contribution < 1.29 is 105 Å². The summed E-state index contributed by atoms with van der Waals surface area (Å²) in [6, 6.07) is 0. The van der Waals surface area contributed by atoms with Crippen molar-refractivity contribution in [3.05, 3.63) is 23.0 Å². The highest BCUT2D eigenvalue weighted by Crippen LogP contribution is 2.60. The third-order valence-electron chi connectivity index (χ3n) is 6.65. The fourth-order valence-electron chi connectivity index (χ4n) is 4.03. The average Bonchev–Trinajstić information content (AvgIpc) is 3.22. The topological polar surface area (TPSA) is 113 Å². The van der Waals surface area contributed by atoms with Crippen molar-refractivity contribution >= 4 is 0 Å². The van der Waals surface area contributed by atoms with Crippen molar-refractivity contribution in [3.8, 4) is 0 Å². The van der Waals surface area contributed by atoms with E-state index in [9.17, 15) is 52.7 Å². The predicted molar refractivity (Wildman–Crippen MR) is 145 cm³/mol. The van der Waals surface area contributed by atoms with Gasteiger partial charge in [0.2, 0.25) is 23.0 Å². The van der Waals surface area contributed by atoms with Crippen LogP contribution in [-0.4, -0.2) is 153 Å². The Morgan fingerprint density at radius 2 is 0.608 bits per heavy atom. The maximum atomic E-state index is 14.2. The number of aliphatic hydroxyl groups excluding tert-OH is 1. The van der Waals surface area contributed by atoms with Gasteiger partial charge in [-0.2, -0.15) is 52.7 Å². The van der Waals surface area contributed by atoms with Crippen LogP contribution >= 0.6 is 0 Å². The molecular formula is C28H38F12O11. The molecule has 0 saturated carbocycles. The summed E-state index contributed by atoms with van der Waals surface area (Å²) in [4.78, 5) is 0. The molecule has 0 bridgehead atoms. The zero-order valence-corrected chi connectivity index (χ0v) is 27.1. The monoisotopic (exact) mass is 778 g/mol. The molecule has 0 unspecified atom stereocenters. The fraction of sp³-hybridized carbons (Fsp3) is 0.857. The third kappa shape index (κ3) is 10.4. The molecule has 0 saturated heterocycles. The molecule has 0 radical (unpaired) electrons. The summed E-state index contributed by atoms with van der Waals surface area (Å²) in [5.74, 6) is -41.6. The Bertz CT molecular complexity index is 1040. The number of methoxy groups -OCH3 is 1. The van der Waals surface area contributed by atoms with Crippen LogP contribution < -0.4 is 0 Å². The molecule has 300 valence electrons. The zero-order chi connectivity index (χ0) is 38.4. The first-order chi connectivity index (χ1) is 23.9. The van der Waals surface area contributed by atoms with Crippen molar-refractivity contribution in [1.29, 1.82) is 0 Å². The van der Waals surface area contributed by atoms with E-state index < -0.39 is 111 Å². The van der Waals surface area contributed by atoms with E-state index >= 15 is 0 Å². The molecule has 0 aromatic heterocycles. The summed E-state index contributed by atoms with van der Waals surface area (Å²) in [6.07, 6.45) is 0.175. The molecular weight excluding hydrogens is 740 g/mol. The first-order valence-corrected chi connectivity index (χ1v) is 15.1. The predicted octanol–water partition coefficient (Wildman–Crippen LogP) is 4.43. The maximum absolute atomic E-state index is 14.2. The number of ether oxygens (including phenoxy) is 10. The second-order valence-corrected chi connectivity index (χ2v) is 10.3. The molecule has 0 aromatic carbocycles. The smallest absolute Gasteiger partial charge is 0.387 e. The van der Waals surface area contributed by atoms with Crippen molar-refractivity contribution in [2.45, 2.75) is 42.0 Å². The Kier molecular flexibility index (Phi) is 17.2. The van der Waals surface area contributed by atoms with Gasteiger partial charge >= 0.3 is 35.5 Å². The SMILES string of the molecule is COCCOCCOC1=C(OCCOCCOCCOCCOC2=C(OCCOCCCO)C(F)(F)C(F)(F)C2(F)F)C(F)(F)C(F)(F)C1(F)F. The molecule has 0 aromatic rings. The Balaban J connectivity index is 1.70. The quantitative estimate of drug-likeness (QED) is 0.0901. The van der Waals surface area contributed by atoms with Gasteiger partial charge < -0.3 is 52.5 Å². The van der Waals surface area contributed by atoms with Gasteiger partial charge in [0, 0.05) is 20.3 Å². The van der Waals surface area contributed by atoms with Gasteiger partial charge in [0.25, 0.3) is 0 Å². The second-order valence-electron chi connectivity index (χ2n) is 10.3. The number of aliphatic hydroxyl groups is 1. The van der Waals surface area contributed by atoms with Crippen LogP contribution in [0.15, 0.2) is 23.0 Å². The van der Waals surface area contributed by atoms with E-state index in [4.69, 9.17) is 28.8 Å². The minimum atomic E-state index is -5.86. The second kappa shape index (κ2) is 19.6. The average molecular weight is 779 g/mol. The number of alkyl halides is 12. The summed E-state index contributed by atoms with van der Waals surface area (Å²) in [5.41, 5.74) is 0. The summed E-state index contributed by atoms with van der Waals surface area (Å²) in [7, 11) is 1.35. The molecule has 0 spiro atoms. The molecule has 2 aliphatic carbocycles. The molecule has 0 atom stereocenters. The minimum absolute atomic E-state index is 0.00332. The molecule has 2 aliphatic rings. The first kappa shape index (κ1) is 44.7. The number of rotatable bonds is 28. The van der Waals surface area contributed by atoms with E-state index in [1.54, 1.807) is 0 Å². The van der Waals surface area contributed by atoms with Gasteiger partial charge in [-0.15, -0.1) is 0 Å². The van der Waals surface area contributed by atoms with Crippen molar-refractivity contribution in [2.24, 2.45) is 0 Å². The van der Waals surface area contributed by atoms with Crippen LogP contribution in [0.4, 0.5) is 52.7 Å². The fourth-order valence-corrected chi connectivity index (χ4v) is 4.03. The molecule has 23 heteroatoms. The van der Waals surface area contributed by atoms with Gasteiger partial charge in [-0.05, 0) is 6.42 Å². The molecule has 0 aliphatic heterocycles. The summed E-state index contributed by atoms with van der Waals surface area (Å²) < 4.78 is 216. The van der Waals surface area contributed by atoms with Gasteiger partial charge in [-0.3, -0.25) is 0 Å². The van der Waals surface area contributed by atoms with Crippen molar-refractivity contribution in [1.82, 2.24) is 0 Å². The van der Waals surface area contributed by atoms with E-state index in [1.165, 1.54) is 7.11 Å². The number of hydrogen-bond acceptors (Lipinski definition) is 11. The van der Waals surface area contributed by atoms with E-state index in [-0.39, 0.29) is 59.3 Å². The maximum Gasteiger partial charge on any atom is 0.387 e. The van der Waals surface area contributed by atoms with E-state index in [0.29, 0.717) is 0 Å². The molecule has 0 amide bonds. The Morgan fingerprint density at radius 1 is 0.373 bits per heavy atom. The molecule has 1 N–H and O–H groups in total. The van der Waals surface area contributed by atoms with Crippen molar-refractivity contribution in [2.75, 3.05) is 113 Å². The van der Waals surface area contributed by atoms with Crippen LogP contribution in [0.25, 0.3) is 0 Å². The highest BCUT2D eigenvalue weighted by Gasteiger charge is 2.84. The lowest BCUT2D eigenvalue weighted by Crippen LogP contribution is -2.49.